The van der Waals surface area contributed by atoms with Crippen LogP contribution in [-0.4, -0.2) is 47.2 Å². The second kappa shape index (κ2) is 9.92. The third kappa shape index (κ3) is 5.22. The van der Waals surface area contributed by atoms with Crippen molar-refractivity contribution in [2.45, 2.75) is 60.0 Å². The van der Waals surface area contributed by atoms with Crippen LogP contribution in [0.3, 0.4) is 0 Å². The lowest BCUT2D eigenvalue weighted by atomic mass is 10.0. The predicted molar refractivity (Wildman–Crippen MR) is 129 cm³/mol. The quantitative estimate of drug-likeness (QED) is 0.592. The van der Waals surface area contributed by atoms with Gasteiger partial charge in [0.25, 0.3) is 5.56 Å². The van der Waals surface area contributed by atoms with Crippen molar-refractivity contribution in [1.29, 1.82) is 0 Å². The van der Waals surface area contributed by atoms with E-state index in [9.17, 15) is 4.79 Å². The summed E-state index contributed by atoms with van der Waals surface area (Å²) in [7, 11) is 0. The Morgan fingerprint density at radius 1 is 1.37 bits per heavy atom. The molecule has 3 rings (SSSR count). The van der Waals surface area contributed by atoms with Crippen molar-refractivity contribution in [2.75, 3.05) is 26.2 Å². The van der Waals surface area contributed by atoms with E-state index in [0.29, 0.717) is 18.5 Å². The zero-order chi connectivity index (χ0) is 21.8. The Morgan fingerprint density at radius 3 is 2.83 bits per heavy atom. The average molecular weight is 430 g/mol. The minimum atomic E-state index is -0.0148. The highest BCUT2D eigenvalue weighted by atomic mass is 32.1. The molecule has 0 radical (unpaired) electrons. The Morgan fingerprint density at radius 2 is 2.13 bits per heavy atom. The molecule has 1 unspecified atom stereocenters. The van der Waals surface area contributed by atoms with Crippen LogP contribution in [0, 0.1) is 19.8 Å². The van der Waals surface area contributed by atoms with Crippen molar-refractivity contribution >= 4 is 28.2 Å². The van der Waals surface area contributed by atoms with Gasteiger partial charge < -0.3 is 20.1 Å². The Labute approximate surface area is 185 Å². The van der Waals surface area contributed by atoms with E-state index in [4.69, 9.17) is 12.2 Å². The predicted octanol–water partition coefficient (Wildman–Crippen LogP) is 2.54. The number of pyridine rings is 1. The largest absolute Gasteiger partial charge is 0.362 e. The number of benzene rings is 1. The smallest absolute Gasteiger partial charge is 0.253 e. The van der Waals surface area contributed by atoms with E-state index in [2.05, 4.69) is 62.0 Å². The van der Waals surface area contributed by atoms with Gasteiger partial charge in [0.2, 0.25) is 0 Å². The lowest BCUT2D eigenvalue weighted by Gasteiger charge is -2.30. The molecule has 5 nitrogen and oxygen atoms in total. The summed E-state index contributed by atoms with van der Waals surface area (Å²) in [5, 5.41) is 5.25. The van der Waals surface area contributed by atoms with Crippen molar-refractivity contribution < 1.29 is 4.90 Å². The van der Waals surface area contributed by atoms with Crippen molar-refractivity contribution in [3.63, 3.8) is 0 Å². The Bertz CT molecular complexity index is 952. The molecule has 0 aliphatic carbocycles. The number of hydrogen-bond acceptors (Lipinski definition) is 2. The first-order valence-corrected chi connectivity index (χ1v) is 11.7. The number of quaternary nitrogens is 1. The lowest BCUT2D eigenvalue weighted by molar-refractivity contribution is -0.909. The van der Waals surface area contributed by atoms with E-state index in [-0.39, 0.29) is 5.56 Å². The van der Waals surface area contributed by atoms with Gasteiger partial charge in [-0.2, -0.15) is 0 Å². The third-order valence-corrected chi connectivity index (χ3v) is 6.86. The average Bonchev–Trinajstić information content (AvgIpc) is 3.16. The fourth-order valence-electron chi connectivity index (χ4n) is 4.45. The van der Waals surface area contributed by atoms with Gasteiger partial charge in [-0.3, -0.25) is 4.79 Å². The molecule has 1 fully saturated rings. The molecular weight excluding hydrogens is 392 g/mol. The normalized spacial score (nSPS) is 18.9. The van der Waals surface area contributed by atoms with Gasteiger partial charge in [0.1, 0.15) is 6.04 Å². The van der Waals surface area contributed by atoms with Crippen LogP contribution < -0.4 is 15.8 Å². The van der Waals surface area contributed by atoms with Crippen LogP contribution in [-0.2, 0) is 6.54 Å². The zero-order valence-electron chi connectivity index (χ0n) is 19.1. The van der Waals surface area contributed by atoms with Gasteiger partial charge in [-0.15, -0.1) is 0 Å². The van der Waals surface area contributed by atoms with Crippen LogP contribution in [0.1, 0.15) is 50.3 Å². The number of nitrogens with one attached hydrogen (secondary N) is 3. The minimum absolute atomic E-state index is 0.0148. The molecule has 0 bridgehead atoms. The number of aryl methyl sites for hydroxylation is 2. The number of nitrogens with zero attached hydrogens (tertiary/aromatic N) is 1. The van der Waals surface area contributed by atoms with Gasteiger partial charge >= 0.3 is 0 Å². The molecule has 1 aliphatic heterocycles. The van der Waals surface area contributed by atoms with E-state index in [1.165, 1.54) is 24.9 Å². The molecule has 6 heteroatoms. The minimum Gasteiger partial charge on any atom is -0.362 e. The van der Waals surface area contributed by atoms with Gasteiger partial charge in [0, 0.05) is 24.9 Å². The zero-order valence-corrected chi connectivity index (χ0v) is 19.9. The summed E-state index contributed by atoms with van der Waals surface area (Å²) >= 11 is 5.77. The van der Waals surface area contributed by atoms with E-state index in [1.54, 1.807) is 4.90 Å². The van der Waals surface area contributed by atoms with Gasteiger partial charge in [0.05, 0.1) is 31.7 Å². The maximum atomic E-state index is 12.9. The van der Waals surface area contributed by atoms with E-state index < -0.39 is 0 Å². The fraction of sp³-hybridized carbons (Fsp3) is 0.583. The van der Waals surface area contributed by atoms with Crippen LogP contribution >= 0.6 is 12.2 Å². The number of fused-ring (bicyclic) bond motifs is 1. The summed E-state index contributed by atoms with van der Waals surface area (Å²) in [6, 6.07) is 6.82. The molecule has 2 heterocycles. The lowest BCUT2D eigenvalue weighted by Crippen LogP contribution is -3.14. The van der Waals surface area contributed by atoms with Crippen LogP contribution in [0.5, 0.6) is 0 Å². The maximum Gasteiger partial charge on any atom is 0.253 e. The number of hydrogen-bond donors (Lipinski definition) is 3. The van der Waals surface area contributed by atoms with Crippen LogP contribution in [0.2, 0.25) is 0 Å². The summed E-state index contributed by atoms with van der Waals surface area (Å²) in [6.45, 7) is 15.4. The molecule has 1 aromatic heterocycles. The fourth-order valence-corrected chi connectivity index (χ4v) is 4.67. The Kier molecular flexibility index (Phi) is 7.53. The molecule has 0 spiro atoms. The monoisotopic (exact) mass is 429 g/mol. The van der Waals surface area contributed by atoms with Crippen LogP contribution in [0.25, 0.3) is 10.9 Å². The Balaban J connectivity index is 1.87. The SMILES string of the molecule is CC[NH+]1CCC[C@H]1CN(Cc1cc2ccc(C)c(C)c2[nH]c1=O)C(=S)NCC(C)C. The molecule has 2 atom stereocenters. The molecule has 3 N–H and O–H groups in total. The summed E-state index contributed by atoms with van der Waals surface area (Å²) in [6.07, 6.45) is 2.49. The first-order valence-electron chi connectivity index (χ1n) is 11.3. The number of rotatable bonds is 7. The standard InChI is InChI=1S/C24H36N4OS/c1-6-27-11-7-8-21(27)15-28(24(30)25-13-16(2)3)14-20-12-19-10-9-17(4)18(5)22(19)26-23(20)29/h9-10,12,16,21H,6-8,11,13-15H2,1-5H3,(H,25,30)(H,26,29)/p+1/t21-/m0/s1. The first-order chi connectivity index (χ1) is 14.3. The molecule has 1 aromatic carbocycles. The van der Waals surface area contributed by atoms with Crippen LogP contribution in [0.15, 0.2) is 23.0 Å². The topological polar surface area (TPSA) is 52.6 Å². The van der Waals surface area contributed by atoms with Crippen molar-refractivity contribution in [1.82, 2.24) is 15.2 Å². The molecule has 30 heavy (non-hydrogen) atoms. The highest BCUT2D eigenvalue weighted by Crippen LogP contribution is 2.19. The van der Waals surface area contributed by atoms with Gasteiger partial charge in [-0.05, 0) is 61.5 Å². The summed E-state index contributed by atoms with van der Waals surface area (Å²) in [5.74, 6) is 0.518. The van der Waals surface area contributed by atoms with Gasteiger partial charge in [-0.25, -0.2) is 0 Å². The number of aromatic nitrogens is 1. The molecule has 0 saturated carbocycles. The van der Waals surface area contributed by atoms with Crippen molar-refractivity contribution in [3.8, 4) is 0 Å². The summed E-state index contributed by atoms with van der Waals surface area (Å²) < 4.78 is 0. The van der Waals surface area contributed by atoms with E-state index in [1.807, 2.05) is 6.07 Å². The van der Waals surface area contributed by atoms with Crippen molar-refractivity contribution in [3.05, 3.63) is 45.2 Å². The second-order valence-corrected chi connectivity index (χ2v) is 9.54. The molecule has 2 aromatic rings. The molecule has 1 saturated heterocycles. The maximum absolute atomic E-state index is 12.9. The van der Waals surface area contributed by atoms with Crippen molar-refractivity contribution in [2.24, 2.45) is 5.92 Å². The summed E-state index contributed by atoms with van der Waals surface area (Å²) in [5.41, 5.74) is 4.02. The highest BCUT2D eigenvalue weighted by Gasteiger charge is 2.30. The van der Waals surface area contributed by atoms with Gasteiger partial charge in [-0.1, -0.05) is 26.0 Å². The van der Waals surface area contributed by atoms with Crippen LogP contribution in [0.4, 0.5) is 0 Å². The molecule has 164 valence electrons. The third-order valence-electron chi connectivity index (χ3n) is 6.46. The number of H-pyrrole nitrogens is 1. The second-order valence-electron chi connectivity index (χ2n) is 9.16. The first kappa shape index (κ1) is 22.8. The number of likely N-dealkylation sites (N-methyl/N-ethyl adjacent to an activating group) is 1. The number of aromatic amines is 1. The van der Waals surface area contributed by atoms with E-state index in [0.717, 1.165) is 46.8 Å². The molecule has 0 amide bonds. The molecular formula is C24H37N4OS+. The highest BCUT2D eigenvalue weighted by molar-refractivity contribution is 7.80. The Hall–Kier alpha value is -1.92. The number of likely N-dealkylation sites (tertiary alicyclic amines) is 1. The number of thiocarbonyl (C=S) groups is 1. The summed E-state index contributed by atoms with van der Waals surface area (Å²) in [4.78, 5) is 19.9. The molecule has 1 aliphatic rings. The van der Waals surface area contributed by atoms with E-state index >= 15 is 0 Å². The van der Waals surface area contributed by atoms with Gasteiger partial charge in [0.15, 0.2) is 5.11 Å².